The lowest BCUT2D eigenvalue weighted by molar-refractivity contribution is -1.12. The molecule has 0 amide bonds. The van der Waals surface area contributed by atoms with Gasteiger partial charge in [-0.15, -0.1) is 0 Å². The Kier molecular flexibility index (Phi) is 2.67. The molecule has 0 radical (unpaired) electrons. The SMILES string of the molecule is CC(CN1C(C#N)CC2CC21)C12CC3CC(C1)C[N+](O)(C3)C2. The second kappa shape index (κ2) is 4.26. The maximum absolute atomic E-state index is 10.9. The van der Waals surface area contributed by atoms with Crippen LogP contribution in [0.15, 0.2) is 0 Å². The average molecular weight is 302 g/mol. The van der Waals surface area contributed by atoms with Crippen molar-refractivity contribution in [2.75, 3.05) is 26.2 Å². The highest BCUT2D eigenvalue weighted by Crippen LogP contribution is 2.57. The number of hydroxylamine groups is 3. The number of hydrogen-bond donors (Lipinski definition) is 1. The summed E-state index contributed by atoms with van der Waals surface area (Å²) in [7, 11) is 0. The van der Waals surface area contributed by atoms with Gasteiger partial charge in [0.1, 0.15) is 19.6 Å². The normalized spacial score (nSPS) is 56.7. The predicted octanol–water partition coefficient (Wildman–Crippen LogP) is 2.24. The van der Waals surface area contributed by atoms with Crippen LogP contribution in [0.2, 0.25) is 0 Å². The minimum atomic E-state index is 0.165. The summed E-state index contributed by atoms with van der Waals surface area (Å²) >= 11 is 0. The van der Waals surface area contributed by atoms with Gasteiger partial charge < -0.3 is 0 Å². The molecule has 22 heavy (non-hydrogen) atoms. The average Bonchev–Trinajstić information content (AvgIpc) is 3.11. The van der Waals surface area contributed by atoms with E-state index in [4.69, 9.17) is 0 Å². The largest absolute Gasteiger partial charge is 0.284 e. The Labute approximate surface area is 133 Å². The van der Waals surface area contributed by atoms with E-state index in [0.717, 1.165) is 50.4 Å². The lowest BCUT2D eigenvalue weighted by Gasteiger charge is -2.61. The molecule has 2 aliphatic carbocycles. The molecule has 2 saturated carbocycles. The molecule has 6 fully saturated rings. The molecule has 0 aromatic carbocycles. The van der Waals surface area contributed by atoms with E-state index >= 15 is 0 Å². The van der Waals surface area contributed by atoms with Crippen molar-refractivity contribution in [2.24, 2.45) is 29.1 Å². The summed E-state index contributed by atoms with van der Waals surface area (Å²) in [4.78, 5) is 2.52. The number of fused-ring (bicyclic) bond motifs is 1. The third-order valence-electron chi connectivity index (χ3n) is 7.78. The van der Waals surface area contributed by atoms with Crippen LogP contribution in [0.4, 0.5) is 0 Å². The van der Waals surface area contributed by atoms with Crippen LogP contribution >= 0.6 is 0 Å². The Morgan fingerprint density at radius 1 is 1.27 bits per heavy atom. The van der Waals surface area contributed by atoms with Gasteiger partial charge >= 0.3 is 0 Å². The molecular formula is C18H28N3O+. The van der Waals surface area contributed by atoms with Gasteiger partial charge in [0, 0.05) is 29.8 Å². The van der Waals surface area contributed by atoms with E-state index in [-0.39, 0.29) is 6.04 Å². The lowest BCUT2D eigenvalue weighted by Crippen LogP contribution is -2.69. The first-order valence-electron chi connectivity index (χ1n) is 9.24. The number of piperidine rings is 4. The van der Waals surface area contributed by atoms with Gasteiger partial charge in [0.2, 0.25) is 0 Å². The van der Waals surface area contributed by atoms with Crippen LogP contribution in [0.5, 0.6) is 0 Å². The van der Waals surface area contributed by atoms with Crippen molar-refractivity contribution in [3.8, 4) is 6.07 Å². The van der Waals surface area contributed by atoms with E-state index in [1.807, 2.05) is 0 Å². The predicted molar refractivity (Wildman–Crippen MR) is 81.7 cm³/mol. The first-order chi connectivity index (χ1) is 10.5. The summed E-state index contributed by atoms with van der Waals surface area (Å²) in [5.74, 6) is 2.91. The maximum atomic E-state index is 10.9. The molecule has 120 valence electrons. The number of likely N-dealkylation sites (tertiary alicyclic amines) is 1. The molecule has 4 nitrogen and oxygen atoms in total. The van der Waals surface area contributed by atoms with Crippen LogP contribution in [0.1, 0.15) is 39.0 Å². The third kappa shape index (κ3) is 1.85. The zero-order chi connectivity index (χ0) is 15.1. The van der Waals surface area contributed by atoms with Crippen LogP contribution in [0.3, 0.4) is 0 Å². The third-order valence-corrected chi connectivity index (χ3v) is 7.78. The number of nitriles is 1. The van der Waals surface area contributed by atoms with Crippen LogP contribution in [0, 0.1) is 40.4 Å². The molecular weight excluding hydrogens is 274 g/mol. The van der Waals surface area contributed by atoms with Crippen molar-refractivity contribution in [1.29, 1.82) is 5.26 Å². The van der Waals surface area contributed by atoms with Gasteiger partial charge in [-0.25, -0.2) is 5.21 Å². The highest BCUT2D eigenvalue weighted by atomic mass is 16.5. The Morgan fingerprint density at radius 3 is 2.64 bits per heavy atom. The summed E-state index contributed by atoms with van der Waals surface area (Å²) in [6, 6.07) is 3.41. The van der Waals surface area contributed by atoms with Crippen molar-refractivity contribution in [2.45, 2.75) is 51.1 Å². The first-order valence-corrected chi connectivity index (χ1v) is 9.24. The van der Waals surface area contributed by atoms with Gasteiger partial charge in [0.15, 0.2) is 0 Å². The summed E-state index contributed by atoms with van der Waals surface area (Å²) in [5, 5.41) is 20.3. The van der Waals surface area contributed by atoms with E-state index in [1.165, 1.54) is 25.7 Å². The van der Waals surface area contributed by atoms with Gasteiger partial charge in [-0.1, -0.05) is 6.92 Å². The fourth-order valence-corrected chi connectivity index (χ4v) is 7.03. The van der Waals surface area contributed by atoms with Gasteiger partial charge in [-0.3, -0.25) is 4.90 Å². The van der Waals surface area contributed by atoms with Crippen molar-refractivity contribution in [3.63, 3.8) is 0 Å². The quantitative estimate of drug-likeness (QED) is 0.813. The molecule has 4 aliphatic heterocycles. The van der Waals surface area contributed by atoms with Crippen LogP contribution < -0.4 is 0 Å². The molecule has 0 aromatic heterocycles. The first kappa shape index (κ1) is 13.8. The summed E-state index contributed by atoms with van der Waals surface area (Å²) in [6.07, 6.45) is 6.42. The minimum absolute atomic E-state index is 0.165. The molecule has 6 rings (SSSR count). The van der Waals surface area contributed by atoms with E-state index < -0.39 is 0 Å². The van der Waals surface area contributed by atoms with E-state index in [1.54, 1.807) is 0 Å². The van der Waals surface area contributed by atoms with Crippen molar-refractivity contribution in [1.82, 2.24) is 4.90 Å². The molecule has 0 aromatic rings. The zero-order valence-electron chi connectivity index (χ0n) is 13.6. The van der Waals surface area contributed by atoms with E-state index in [0.29, 0.717) is 22.0 Å². The minimum Gasteiger partial charge on any atom is -0.284 e. The fourth-order valence-electron chi connectivity index (χ4n) is 7.03. The highest BCUT2D eigenvalue weighted by Gasteiger charge is 2.61. The second-order valence-electron chi connectivity index (χ2n) is 9.40. The number of hydrogen-bond acceptors (Lipinski definition) is 3. The van der Waals surface area contributed by atoms with Crippen molar-refractivity contribution >= 4 is 0 Å². The second-order valence-corrected chi connectivity index (χ2v) is 9.40. The molecule has 4 bridgehead atoms. The standard InChI is InChI=1S/C18H28N3O/c1-12(8-20-16(7-19)3-15-4-17(15)20)18-5-13-2-14(6-18)10-21(22,9-13)11-18/h12-17,22H,2-6,8-11H2,1H3/q+1. The Hall–Kier alpha value is -0.630. The summed E-state index contributed by atoms with van der Waals surface area (Å²) in [5.41, 5.74) is 0.339. The van der Waals surface area contributed by atoms with Gasteiger partial charge in [-0.05, 0) is 43.9 Å². The molecule has 4 heterocycles. The molecule has 4 saturated heterocycles. The Morgan fingerprint density at radius 2 is 2.00 bits per heavy atom. The molecule has 0 spiro atoms. The van der Waals surface area contributed by atoms with Crippen LogP contribution in [-0.4, -0.2) is 53.0 Å². The molecule has 6 unspecified atom stereocenters. The Bertz CT molecular complexity index is 527. The number of nitrogens with zero attached hydrogens (tertiary/aromatic N) is 3. The topological polar surface area (TPSA) is 47.3 Å². The zero-order valence-corrected chi connectivity index (χ0v) is 13.6. The molecule has 6 atom stereocenters. The maximum Gasteiger partial charge on any atom is 0.115 e. The van der Waals surface area contributed by atoms with Gasteiger partial charge in [-0.2, -0.15) is 9.91 Å². The van der Waals surface area contributed by atoms with Crippen molar-refractivity contribution < 1.29 is 9.85 Å². The summed E-state index contributed by atoms with van der Waals surface area (Å²) < 4.78 is 0.355. The van der Waals surface area contributed by atoms with Gasteiger partial charge in [0.25, 0.3) is 0 Å². The van der Waals surface area contributed by atoms with Crippen LogP contribution in [-0.2, 0) is 0 Å². The van der Waals surface area contributed by atoms with Gasteiger partial charge in [0.05, 0.1) is 12.1 Å². The lowest BCUT2D eigenvalue weighted by atomic mass is 9.55. The summed E-state index contributed by atoms with van der Waals surface area (Å²) in [6.45, 7) is 6.46. The van der Waals surface area contributed by atoms with Crippen LogP contribution in [0.25, 0.3) is 0 Å². The smallest absolute Gasteiger partial charge is 0.115 e. The number of rotatable bonds is 3. The fraction of sp³-hybridized carbons (Fsp3) is 0.944. The molecule has 6 aliphatic rings. The monoisotopic (exact) mass is 302 g/mol. The van der Waals surface area contributed by atoms with E-state index in [9.17, 15) is 10.5 Å². The Balaban J connectivity index is 1.37. The van der Waals surface area contributed by atoms with Crippen molar-refractivity contribution in [3.05, 3.63) is 0 Å². The van der Waals surface area contributed by atoms with E-state index in [2.05, 4.69) is 17.9 Å². The molecule has 4 heteroatoms. The number of quaternary nitrogens is 1. The highest BCUT2D eigenvalue weighted by molar-refractivity contribution is 5.13. The molecule has 1 N–H and O–H groups in total.